The molecule has 0 radical (unpaired) electrons. The third kappa shape index (κ3) is 2.68. The van der Waals surface area contributed by atoms with Crippen LogP contribution < -0.4 is 0 Å². The van der Waals surface area contributed by atoms with Gasteiger partial charge in [0.05, 0.1) is 5.02 Å². The molecule has 1 heterocycles. The number of nitrogens with zero attached hydrogens (tertiary/aromatic N) is 2. The van der Waals surface area contributed by atoms with Crippen LogP contribution in [0.1, 0.15) is 38.5 Å². The van der Waals surface area contributed by atoms with Crippen LogP contribution in [0.3, 0.4) is 0 Å². The zero-order chi connectivity index (χ0) is 13.1. The molecule has 0 bridgehead atoms. The summed E-state index contributed by atoms with van der Waals surface area (Å²) in [5, 5.41) is 5.10. The SMILES string of the molecule is CCC(CC)c1nc(-c2ccc(Cl)cc2Cl)no1. The van der Waals surface area contributed by atoms with Crippen molar-refractivity contribution < 1.29 is 4.52 Å². The van der Waals surface area contributed by atoms with Crippen LogP contribution in [0.4, 0.5) is 0 Å². The van der Waals surface area contributed by atoms with E-state index >= 15 is 0 Å². The number of halogens is 2. The number of rotatable bonds is 4. The van der Waals surface area contributed by atoms with Crippen LogP contribution in [0.2, 0.25) is 10.0 Å². The van der Waals surface area contributed by atoms with Gasteiger partial charge in [0.2, 0.25) is 11.7 Å². The van der Waals surface area contributed by atoms with Crippen molar-refractivity contribution in [2.75, 3.05) is 0 Å². The first-order chi connectivity index (χ1) is 8.65. The van der Waals surface area contributed by atoms with E-state index in [0.717, 1.165) is 18.4 Å². The summed E-state index contributed by atoms with van der Waals surface area (Å²) < 4.78 is 5.30. The molecular formula is C13H14Cl2N2O. The van der Waals surface area contributed by atoms with Gasteiger partial charge in [-0.2, -0.15) is 4.98 Å². The van der Waals surface area contributed by atoms with Crippen LogP contribution in [0.25, 0.3) is 11.4 Å². The molecule has 0 fully saturated rings. The first kappa shape index (κ1) is 13.4. The predicted octanol–water partition coefficient (Wildman–Crippen LogP) is 4.95. The molecule has 0 amide bonds. The predicted molar refractivity (Wildman–Crippen MR) is 73.1 cm³/mol. The van der Waals surface area contributed by atoms with Crippen molar-refractivity contribution in [2.45, 2.75) is 32.6 Å². The lowest BCUT2D eigenvalue weighted by molar-refractivity contribution is 0.346. The topological polar surface area (TPSA) is 38.9 Å². The van der Waals surface area contributed by atoms with E-state index in [1.807, 2.05) is 0 Å². The van der Waals surface area contributed by atoms with Gasteiger partial charge in [-0.15, -0.1) is 0 Å². The summed E-state index contributed by atoms with van der Waals surface area (Å²) >= 11 is 12.0. The molecular weight excluding hydrogens is 271 g/mol. The van der Waals surface area contributed by atoms with E-state index < -0.39 is 0 Å². The lowest BCUT2D eigenvalue weighted by Crippen LogP contribution is -1.95. The van der Waals surface area contributed by atoms with Gasteiger partial charge in [0.1, 0.15) is 0 Å². The maximum atomic E-state index is 6.11. The lowest BCUT2D eigenvalue weighted by Gasteiger charge is -2.04. The summed E-state index contributed by atoms with van der Waals surface area (Å²) in [7, 11) is 0. The van der Waals surface area contributed by atoms with Crippen LogP contribution in [0, 0.1) is 0 Å². The lowest BCUT2D eigenvalue weighted by atomic mass is 10.0. The molecule has 18 heavy (non-hydrogen) atoms. The summed E-state index contributed by atoms with van der Waals surface area (Å²) in [6, 6.07) is 5.23. The van der Waals surface area contributed by atoms with E-state index in [1.165, 1.54) is 0 Å². The second-order valence-corrected chi connectivity index (χ2v) is 4.94. The first-order valence-electron chi connectivity index (χ1n) is 5.94. The summed E-state index contributed by atoms with van der Waals surface area (Å²) in [6.07, 6.45) is 1.96. The number of benzene rings is 1. The Labute approximate surface area is 116 Å². The van der Waals surface area contributed by atoms with Crippen molar-refractivity contribution >= 4 is 23.2 Å². The molecule has 0 unspecified atom stereocenters. The molecule has 0 aliphatic heterocycles. The minimum atomic E-state index is 0.303. The minimum absolute atomic E-state index is 0.303. The fourth-order valence-corrected chi connectivity index (χ4v) is 2.31. The van der Waals surface area contributed by atoms with Gasteiger partial charge in [-0.05, 0) is 31.0 Å². The molecule has 0 N–H and O–H groups in total. The number of hydrogen-bond acceptors (Lipinski definition) is 3. The van der Waals surface area contributed by atoms with Crippen LogP contribution in [0.5, 0.6) is 0 Å². The molecule has 1 aromatic heterocycles. The second-order valence-electron chi connectivity index (χ2n) is 4.09. The first-order valence-corrected chi connectivity index (χ1v) is 6.70. The fourth-order valence-electron chi connectivity index (χ4n) is 1.82. The van der Waals surface area contributed by atoms with Gasteiger partial charge >= 0.3 is 0 Å². The monoisotopic (exact) mass is 284 g/mol. The minimum Gasteiger partial charge on any atom is -0.339 e. The molecule has 0 aliphatic rings. The van der Waals surface area contributed by atoms with Crippen molar-refractivity contribution in [1.29, 1.82) is 0 Å². The van der Waals surface area contributed by atoms with Gasteiger partial charge in [-0.25, -0.2) is 0 Å². The quantitative estimate of drug-likeness (QED) is 0.798. The molecule has 5 heteroatoms. The second kappa shape index (κ2) is 5.72. The molecule has 1 aromatic carbocycles. The Morgan fingerprint density at radius 2 is 1.94 bits per heavy atom. The van der Waals surface area contributed by atoms with Gasteiger partial charge in [0.15, 0.2) is 0 Å². The molecule has 0 spiro atoms. The Bertz CT molecular complexity index is 536. The highest BCUT2D eigenvalue weighted by Crippen LogP contribution is 2.30. The standard InChI is InChI=1S/C13H14Cl2N2O/c1-3-8(4-2)13-16-12(17-18-13)10-6-5-9(14)7-11(10)15/h5-8H,3-4H2,1-2H3. The highest BCUT2D eigenvalue weighted by molar-refractivity contribution is 6.36. The maximum absolute atomic E-state index is 6.11. The zero-order valence-corrected chi connectivity index (χ0v) is 11.8. The van der Waals surface area contributed by atoms with E-state index in [-0.39, 0.29) is 0 Å². The van der Waals surface area contributed by atoms with Crippen LogP contribution in [-0.4, -0.2) is 10.1 Å². The number of hydrogen-bond donors (Lipinski definition) is 0. The van der Waals surface area contributed by atoms with Gasteiger partial charge in [-0.3, -0.25) is 0 Å². The smallest absolute Gasteiger partial charge is 0.230 e. The Hall–Kier alpha value is -1.06. The molecule has 0 aliphatic carbocycles. The normalized spacial score (nSPS) is 11.2. The molecule has 0 atom stereocenters. The fraction of sp³-hybridized carbons (Fsp3) is 0.385. The van der Waals surface area contributed by atoms with Crippen molar-refractivity contribution in [3.8, 4) is 11.4 Å². The van der Waals surface area contributed by atoms with Crippen molar-refractivity contribution in [3.05, 3.63) is 34.1 Å². The van der Waals surface area contributed by atoms with E-state index in [0.29, 0.717) is 27.7 Å². The van der Waals surface area contributed by atoms with E-state index in [1.54, 1.807) is 18.2 Å². The summed E-state index contributed by atoms with van der Waals surface area (Å²) in [5.74, 6) is 1.48. The molecule has 0 saturated carbocycles. The molecule has 2 rings (SSSR count). The van der Waals surface area contributed by atoms with Crippen molar-refractivity contribution in [1.82, 2.24) is 10.1 Å². The Kier molecular flexibility index (Phi) is 4.25. The van der Waals surface area contributed by atoms with Crippen LogP contribution in [-0.2, 0) is 0 Å². The van der Waals surface area contributed by atoms with E-state index in [9.17, 15) is 0 Å². The molecule has 2 aromatic rings. The van der Waals surface area contributed by atoms with E-state index in [4.69, 9.17) is 27.7 Å². The van der Waals surface area contributed by atoms with Gasteiger partial charge in [0, 0.05) is 16.5 Å². The van der Waals surface area contributed by atoms with Gasteiger partial charge in [-0.1, -0.05) is 42.2 Å². The Morgan fingerprint density at radius 3 is 2.56 bits per heavy atom. The third-order valence-corrected chi connectivity index (χ3v) is 3.50. The summed E-state index contributed by atoms with van der Waals surface area (Å²) in [6.45, 7) is 4.21. The molecule has 0 saturated heterocycles. The zero-order valence-electron chi connectivity index (χ0n) is 10.3. The van der Waals surface area contributed by atoms with Gasteiger partial charge in [0.25, 0.3) is 0 Å². The highest BCUT2D eigenvalue weighted by atomic mass is 35.5. The largest absolute Gasteiger partial charge is 0.339 e. The van der Waals surface area contributed by atoms with Gasteiger partial charge < -0.3 is 4.52 Å². The van der Waals surface area contributed by atoms with Crippen molar-refractivity contribution in [3.63, 3.8) is 0 Å². The number of aromatic nitrogens is 2. The van der Waals surface area contributed by atoms with Crippen LogP contribution >= 0.6 is 23.2 Å². The molecule has 96 valence electrons. The Morgan fingerprint density at radius 1 is 1.22 bits per heavy atom. The van der Waals surface area contributed by atoms with Crippen molar-refractivity contribution in [2.24, 2.45) is 0 Å². The summed E-state index contributed by atoms with van der Waals surface area (Å²) in [5.41, 5.74) is 0.738. The highest BCUT2D eigenvalue weighted by Gasteiger charge is 2.17. The third-order valence-electron chi connectivity index (χ3n) is 2.95. The maximum Gasteiger partial charge on any atom is 0.230 e. The average Bonchev–Trinajstić information content (AvgIpc) is 2.80. The van der Waals surface area contributed by atoms with E-state index in [2.05, 4.69) is 24.0 Å². The van der Waals surface area contributed by atoms with Crippen LogP contribution in [0.15, 0.2) is 22.7 Å². The Balaban J connectivity index is 2.34. The molecule has 3 nitrogen and oxygen atoms in total. The summed E-state index contributed by atoms with van der Waals surface area (Å²) in [4.78, 5) is 4.41. The average molecular weight is 285 g/mol.